The summed E-state index contributed by atoms with van der Waals surface area (Å²) in [6, 6.07) is 12.1. The van der Waals surface area contributed by atoms with Gasteiger partial charge in [-0.05, 0) is 42.3 Å². The summed E-state index contributed by atoms with van der Waals surface area (Å²) >= 11 is 0. The third-order valence-corrected chi connectivity index (χ3v) is 4.85. The highest BCUT2D eigenvalue weighted by Crippen LogP contribution is 2.14. The van der Waals surface area contributed by atoms with E-state index in [-0.39, 0.29) is 10.8 Å². The first-order valence-electron chi connectivity index (χ1n) is 7.43. The van der Waals surface area contributed by atoms with E-state index in [1.807, 2.05) is 0 Å². The van der Waals surface area contributed by atoms with Crippen molar-refractivity contribution in [3.05, 3.63) is 60.4 Å². The lowest BCUT2D eigenvalue weighted by Crippen LogP contribution is -2.47. The molecule has 0 heterocycles. The second-order valence-corrected chi connectivity index (χ2v) is 7.37. The van der Waals surface area contributed by atoms with Gasteiger partial charge in [0.15, 0.2) is 0 Å². The van der Waals surface area contributed by atoms with Crippen molar-refractivity contribution in [2.24, 2.45) is 5.92 Å². The van der Waals surface area contributed by atoms with E-state index in [0.29, 0.717) is 5.69 Å². The number of carbonyl (C=O) groups excluding carboxylic acids is 1. The molecule has 24 heavy (non-hydrogen) atoms. The van der Waals surface area contributed by atoms with Crippen LogP contribution in [0.1, 0.15) is 13.8 Å². The molecule has 0 aliphatic carbocycles. The Hall–Kier alpha value is -2.25. The van der Waals surface area contributed by atoms with Crippen LogP contribution in [-0.2, 0) is 14.8 Å². The lowest BCUT2D eigenvalue weighted by molar-refractivity contribution is -0.118. The lowest BCUT2D eigenvalue weighted by atomic mass is 10.0. The smallest absolute Gasteiger partial charge is 0.242 e. The van der Waals surface area contributed by atoms with Gasteiger partial charge < -0.3 is 5.32 Å². The molecule has 0 saturated heterocycles. The van der Waals surface area contributed by atoms with Gasteiger partial charge >= 0.3 is 0 Å². The lowest BCUT2D eigenvalue weighted by Gasteiger charge is -2.21. The second-order valence-electron chi connectivity index (χ2n) is 5.65. The van der Waals surface area contributed by atoms with Crippen molar-refractivity contribution in [2.75, 3.05) is 5.32 Å². The van der Waals surface area contributed by atoms with Crippen LogP contribution >= 0.6 is 0 Å². The van der Waals surface area contributed by atoms with E-state index in [9.17, 15) is 17.6 Å². The van der Waals surface area contributed by atoms with E-state index in [2.05, 4.69) is 10.0 Å². The summed E-state index contributed by atoms with van der Waals surface area (Å²) in [6.45, 7) is 3.48. The molecule has 2 N–H and O–H groups in total. The molecular weight excluding hydrogens is 331 g/mol. The molecule has 2 aromatic carbocycles. The molecule has 0 fully saturated rings. The monoisotopic (exact) mass is 350 g/mol. The Morgan fingerprint density at radius 3 is 2.12 bits per heavy atom. The molecule has 0 aromatic heterocycles. The summed E-state index contributed by atoms with van der Waals surface area (Å²) in [5.74, 6) is -1.20. The first-order valence-corrected chi connectivity index (χ1v) is 8.92. The molecule has 0 spiro atoms. The maximum absolute atomic E-state index is 12.9. The summed E-state index contributed by atoms with van der Waals surface area (Å²) in [5, 5.41) is 2.59. The number of halogens is 1. The molecule has 128 valence electrons. The van der Waals surface area contributed by atoms with Gasteiger partial charge in [0.1, 0.15) is 11.9 Å². The first-order chi connectivity index (χ1) is 11.3. The SMILES string of the molecule is CC(C)C(NS(=O)(=O)c1ccccc1)C(=O)Nc1ccc(F)cc1. The third kappa shape index (κ3) is 4.62. The molecule has 7 heteroatoms. The third-order valence-electron chi connectivity index (χ3n) is 3.40. The summed E-state index contributed by atoms with van der Waals surface area (Å²) in [7, 11) is -3.82. The van der Waals surface area contributed by atoms with Crippen LogP contribution in [0.5, 0.6) is 0 Å². The Balaban J connectivity index is 2.17. The fraction of sp³-hybridized carbons (Fsp3) is 0.235. The van der Waals surface area contributed by atoms with Crippen LogP contribution in [0.15, 0.2) is 59.5 Å². The molecular formula is C17H19FN2O3S. The second kappa shape index (κ2) is 7.55. The number of amides is 1. The number of carbonyl (C=O) groups is 1. The highest BCUT2D eigenvalue weighted by molar-refractivity contribution is 7.89. The van der Waals surface area contributed by atoms with Gasteiger partial charge in [-0.2, -0.15) is 4.72 Å². The highest BCUT2D eigenvalue weighted by Gasteiger charge is 2.28. The first kappa shape index (κ1) is 18.1. The van der Waals surface area contributed by atoms with Gasteiger partial charge in [-0.3, -0.25) is 4.79 Å². The number of hydrogen-bond donors (Lipinski definition) is 2. The number of nitrogens with one attached hydrogen (secondary N) is 2. The average molecular weight is 350 g/mol. The fourth-order valence-corrected chi connectivity index (χ4v) is 3.45. The molecule has 0 bridgehead atoms. The van der Waals surface area contributed by atoms with Crippen LogP contribution < -0.4 is 10.0 Å². The standard InChI is InChI=1S/C17H19FN2O3S/c1-12(2)16(17(21)19-14-10-8-13(18)9-11-14)20-24(22,23)15-6-4-3-5-7-15/h3-12,16,20H,1-2H3,(H,19,21). The van der Waals surface area contributed by atoms with Crippen molar-refractivity contribution in [2.45, 2.75) is 24.8 Å². The van der Waals surface area contributed by atoms with Crippen LogP contribution in [0.25, 0.3) is 0 Å². The van der Waals surface area contributed by atoms with Gasteiger partial charge in [0.25, 0.3) is 0 Å². The minimum atomic E-state index is -3.82. The van der Waals surface area contributed by atoms with E-state index in [0.717, 1.165) is 0 Å². The summed E-state index contributed by atoms with van der Waals surface area (Å²) < 4.78 is 40.2. The van der Waals surface area contributed by atoms with Crippen LogP contribution in [0, 0.1) is 11.7 Å². The van der Waals surface area contributed by atoms with Gasteiger partial charge in [0.2, 0.25) is 15.9 Å². The maximum Gasteiger partial charge on any atom is 0.242 e. The molecule has 0 radical (unpaired) electrons. The molecule has 1 amide bonds. The molecule has 2 aromatic rings. The Kier molecular flexibility index (Phi) is 5.69. The van der Waals surface area contributed by atoms with Crippen molar-refractivity contribution < 1.29 is 17.6 Å². The Morgan fingerprint density at radius 2 is 1.58 bits per heavy atom. The van der Waals surface area contributed by atoms with E-state index in [1.54, 1.807) is 32.0 Å². The molecule has 2 rings (SSSR count). The largest absolute Gasteiger partial charge is 0.325 e. The van der Waals surface area contributed by atoms with Crippen molar-refractivity contribution in [3.8, 4) is 0 Å². The van der Waals surface area contributed by atoms with E-state index >= 15 is 0 Å². The Morgan fingerprint density at radius 1 is 1.00 bits per heavy atom. The zero-order valence-corrected chi connectivity index (χ0v) is 14.2. The average Bonchev–Trinajstić information content (AvgIpc) is 2.55. The minimum absolute atomic E-state index is 0.0882. The summed E-state index contributed by atoms with van der Waals surface area (Å²) in [6.07, 6.45) is 0. The van der Waals surface area contributed by atoms with Crippen molar-refractivity contribution in [1.29, 1.82) is 0 Å². The topological polar surface area (TPSA) is 75.3 Å². The number of benzene rings is 2. The van der Waals surface area contributed by atoms with Gasteiger partial charge in [-0.15, -0.1) is 0 Å². The van der Waals surface area contributed by atoms with Crippen LogP contribution in [0.2, 0.25) is 0 Å². The number of sulfonamides is 1. The van der Waals surface area contributed by atoms with E-state index in [4.69, 9.17) is 0 Å². The van der Waals surface area contributed by atoms with Gasteiger partial charge in [0, 0.05) is 5.69 Å². The molecule has 0 aliphatic heterocycles. The normalized spacial score (nSPS) is 12.8. The van der Waals surface area contributed by atoms with E-state index in [1.165, 1.54) is 36.4 Å². The van der Waals surface area contributed by atoms with Gasteiger partial charge in [-0.25, -0.2) is 12.8 Å². The van der Waals surface area contributed by atoms with Gasteiger partial charge in [0.05, 0.1) is 4.90 Å². The zero-order valence-electron chi connectivity index (χ0n) is 13.4. The van der Waals surface area contributed by atoms with Crippen molar-refractivity contribution in [1.82, 2.24) is 4.72 Å². The predicted molar refractivity (Wildman–Crippen MR) is 90.4 cm³/mol. The Bertz CT molecular complexity index is 790. The number of rotatable bonds is 6. The zero-order chi connectivity index (χ0) is 17.7. The maximum atomic E-state index is 12.9. The number of hydrogen-bond acceptors (Lipinski definition) is 3. The molecule has 5 nitrogen and oxygen atoms in total. The quantitative estimate of drug-likeness (QED) is 0.841. The van der Waals surface area contributed by atoms with Crippen LogP contribution in [-0.4, -0.2) is 20.4 Å². The summed E-state index contributed by atoms with van der Waals surface area (Å²) in [5.41, 5.74) is 0.394. The fourth-order valence-electron chi connectivity index (χ4n) is 2.08. The predicted octanol–water partition coefficient (Wildman–Crippen LogP) is 2.77. The van der Waals surface area contributed by atoms with Crippen molar-refractivity contribution >= 4 is 21.6 Å². The van der Waals surface area contributed by atoms with Crippen molar-refractivity contribution in [3.63, 3.8) is 0 Å². The molecule has 1 unspecified atom stereocenters. The summed E-state index contributed by atoms with van der Waals surface area (Å²) in [4.78, 5) is 12.5. The molecule has 0 saturated carbocycles. The molecule has 1 atom stereocenters. The van der Waals surface area contributed by atoms with E-state index < -0.39 is 27.8 Å². The van der Waals surface area contributed by atoms with Crippen LogP contribution in [0.3, 0.4) is 0 Å². The van der Waals surface area contributed by atoms with Gasteiger partial charge in [-0.1, -0.05) is 32.0 Å². The molecule has 0 aliphatic rings. The number of anilines is 1. The van der Waals surface area contributed by atoms with Crippen LogP contribution in [0.4, 0.5) is 10.1 Å². The Labute approximate surface area is 141 Å². The minimum Gasteiger partial charge on any atom is -0.325 e. The highest BCUT2D eigenvalue weighted by atomic mass is 32.2.